The van der Waals surface area contributed by atoms with Gasteiger partial charge in [0.15, 0.2) is 0 Å². The van der Waals surface area contributed by atoms with E-state index in [1.807, 2.05) is 0 Å². The van der Waals surface area contributed by atoms with Gasteiger partial charge in [-0.2, -0.15) is 0 Å². The van der Waals surface area contributed by atoms with Crippen LogP contribution in [0.5, 0.6) is 0 Å². The molecule has 112 valence electrons. The number of benzene rings is 1. The maximum atomic E-state index is 13.2. The highest BCUT2D eigenvalue weighted by atomic mass is 32.1. The van der Waals surface area contributed by atoms with Crippen molar-refractivity contribution in [2.24, 2.45) is 0 Å². The molecule has 22 heavy (non-hydrogen) atoms. The van der Waals surface area contributed by atoms with Crippen LogP contribution >= 0.6 is 11.3 Å². The molecule has 0 aliphatic heterocycles. The minimum Gasteiger partial charge on any atom is -0.477 e. The number of thiophene rings is 1. The van der Waals surface area contributed by atoms with Crippen molar-refractivity contribution in [3.05, 3.63) is 62.8 Å². The Hall–Kier alpha value is -2.54. The van der Waals surface area contributed by atoms with Crippen LogP contribution in [0.25, 0.3) is 10.2 Å². The van der Waals surface area contributed by atoms with E-state index in [0.29, 0.717) is 21.3 Å². The second-order valence-corrected chi connectivity index (χ2v) is 5.85. The molecule has 0 radical (unpaired) electrons. The molecule has 0 aliphatic rings. The standard InChI is InChI=1S/C15H11FN2O3S/c1-8-11-13(22-12(8)15(20)21)17-7-18(14(11)19)6-9-3-2-4-10(16)5-9/h2-5,7H,6H2,1H3,(H,20,21). The van der Waals surface area contributed by atoms with Gasteiger partial charge in [-0.1, -0.05) is 12.1 Å². The molecule has 5 nitrogen and oxygen atoms in total. The van der Waals surface area contributed by atoms with Crippen LogP contribution in [0, 0.1) is 12.7 Å². The quantitative estimate of drug-likeness (QED) is 0.806. The van der Waals surface area contributed by atoms with E-state index >= 15 is 0 Å². The molecule has 1 N–H and O–H groups in total. The van der Waals surface area contributed by atoms with Gasteiger partial charge in [0.05, 0.1) is 18.3 Å². The molecule has 0 spiro atoms. The average molecular weight is 318 g/mol. The van der Waals surface area contributed by atoms with Gasteiger partial charge >= 0.3 is 5.97 Å². The number of carboxylic acid groups (broad SMARTS) is 1. The fourth-order valence-corrected chi connectivity index (χ4v) is 3.29. The van der Waals surface area contributed by atoms with Crippen LogP contribution < -0.4 is 5.56 Å². The Kier molecular flexibility index (Phi) is 3.50. The minimum absolute atomic E-state index is 0.114. The van der Waals surface area contributed by atoms with E-state index in [1.165, 1.54) is 23.0 Å². The molecule has 3 rings (SSSR count). The van der Waals surface area contributed by atoms with E-state index in [4.69, 9.17) is 5.11 Å². The molecular weight excluding hydrogens is 307 g/mol. The molecule has 1 aromatic carbocycles. The lowest BCUT2D eigenvalue weighted by molar-refractivity contribution is 0.0701. The summed E-state index contributed by atoms with van der Waals surface area (Å²) < 4.78 is 14.6. The van der Waals surface area contributed by atoms with E-state index < -0.39 is 5.97 Å². The number of aromatic carboxylic acids is 1. The number of carbonyl (C=O) groups is 1. The van der Waals surface area contributed by atoms with Crippen molar-refractivity contribution in [3.8, 4) is 0 Å². The smallest absolute Gasteiger partial charge is 0.346 e. The third-order valence-electron chi connectivity index (χ3n) is 3.35. The summed E-state index contributed by atoms with van der Waals surface area (Å²) in [6, 6.07) is 5.96. The van der Waals surface area contributed by atoms with Gasteiger partial charge in [-0.05, 0) is 30.2 Å². The van der Waals surface area contributed by atoms with Crippen LogP contribution in [0.3, 0.4) is 0 Å². The molecule has 7 heteroatoms. The molecule has 0 aliphatic carbocycles. The van der Waals surface area contributed by atoms with Crippen LogP contribution in [0.15, 0.2) is 35.4 Å². The van der Waals surface area contributed by atoms with Crippen molar-refractivity contribution in [1.29, 1.82) is 0 Å². The lowest BCUT2D eigenvalue weighted by Gasteiger charge is -2.05. The van der Waals surface area contributed by atoms with E-state index in [9.17, 15) is 14.0 Å². The van der Waals surface area contributed by atoms with Gasteiger partial charge in [-0.15, -0.1) is 11.3 Å². The molecule has 0 fully saturated rings. The average Bonchev–Trinajstić information content (AvgIpc) is 2.80. The Bertz CT molecular complexity index is 946. The number of halogens is 1. The summed E-state index contributed by atoms with van der Waals surface area (Å²) in [5, 5.41) is 9.43. The summed E-state index contributed by atoms with van der Waals surface area (Å²) in [6.45, 7) is 1.77. The summed E-state index contributed by atoms with van der Waals surface area (Å²) in [5.74, 6) is -1.45. The molecule has 0 saturated carbocycles. The number of nitrogens with zero attached hydrogens (tertiary/aromatic N) is 2. The Balaban J connectivity index is 2.12. The lowest BCUT2D eigenvalue weighted by Crippen LogP contribution is -2.21. The molecule has 0 unspecified atom stereocenters. The van der Waals surface area contributed by atoms with E-state index in [0.717, 1.165) is 11.3 Å². The third kappa shape index (κ3) is 2.39. The predicted molar refractivity (Wildman–Crippen MR) is 81.1 cm³/mol. The fourth-order valence-electron chi connectivity index (χ4n) is 2.31. The van der Waals surface area contributed by atoms with E-state index in [-0.39, 0.29) is 22.8 Å². The van der Waals surface area contributed by atoms with Gasteiger partial charge < -0.3 is 5.11 Å². The number of aromatic nitrogens is 2. The van der Waals surface area contributed by atoms with E-state index in [1.54, 1.807) is 19.1 Å². The molecule has 2 aromatic heterocycles. The van der Waals surface area contributed by atoms with E-state index in [2.05, 4.69) is 4.98 Å². The number of fused-ring (bicyclic) bond motifs is 1. The molecule has 3 aromatic rings. The normalized spacial score (nSPS) is 11.0. The van der Waals surface area contributed by atoms with Gasteiger partial charge in [0.25, 0.3) is 5.56 Å². The molecule has 2 heterocycles. The zero-order chi connectivity index (χ0) is 15.9. The van der Waals surface area contributed by atoms with Crippen LogP contribution in [0.2, 0.25) is 0 Å². The summed E-state index contributed by atoms with van der Waals surface area (Å²) in [7, 11) is 0. The first-order valence-electron chi connectivity index (χ1n) is 6.43. The molecule has 0 atom stereocenters. The summed E-state index contributed by atoms with van der Waals surface area (Å²) in [6.07, 6.45) is 1.36. The van der Waals surface area contributed by atoms with Crippen molar-refractivity contribution >= 4 is 27.5 Å². The SMILES string of the molecule is Cc1c(C(=O)O)sc2ncn(Cc3cccc(F)c3)c(=O)c12. The second-order valence-electron chi connectivity index (χ2n) is 4.85. The van der Waals surface area contributed by atoms with Gasteiger partial charge in [0.1, 0.15) is 15.5 Å². The van der Waals surface area contributed by atoms with Crippen LogP contribution in [-0.4, -0.2) is 20.6 Å². The summed E-state index contributed by atoms with van der Waals surface area (Å²) in [5.41, 5.74) is 0.726. The maximum absolute atomic E-state index is 13.2. The number of carboxylic acids is 1. The van der Waals surface area contributed by atoms with Gasteiger partial charge in [0, 0.05) is 0 Å². The fraction of sp³-hybridized carbons (Fsp3) is 0.133. The van der Waals surface area contributed by atoms with Crippen molar-refractivity contribution in [1.82, 2.24) is 9.55 Å². The monoisotopic (exact) mass is 318 g/mol. The maximum Gasteiger partial charge on any atom is 0.346 e. The Labute approximate surface area is 128 Å². The summed E-state index contributed by atoms with van der Waals surface area (Å²) >= 11 is 0.980. The second kappa shape index (κ2) is 5.34. The van der Waals surface area contributed by atoms with Crippen molar-refractivity contribution in [2.75, 3.05) is 0 Å². The number of hydrogen-bond acceptors (Lipinski definition) is 4. The van der Waals surface area contributed by atoms with Crippen molar-refractivity contribution in [2.45, 2.75) is 13.5 Å². The Morgan fingerprint density at radius 2 is 2.23 bits per heavy atom. The highest BCUT2D eigenvalue weighted by Gasteiger charge is 2.18. The predicted octanol–water partition coefficient (Wildman–Crippen LogP) is 2.65. The first-order valence-corrected chi connectivity index (χ1v) is 7.25. The Morgan fingerprint density at radius 1 is 1.45 bits per heavy atom. The van der Waals surface area contributed by atoms with Crippen LogP contribution in [0.4, 0.5) is 4.39 Å². The summed E-state index contributed by atoms with van der Waals surface area (Å²) in [4.78, 5) is 28.3. The lowest BCUT2D eigenvalue weighted by atomic mass is 10.2. The van der Waals surface area contributed by atoms with Crippen LogP contribution in [-0.2, 0) is 6.54 Å². The van der Waals surface area contributed by atoms with Crippen molar-refractivity contribution < 1.29 is 14.3 Å². The molecular formula is C15H11FN2O3S. The minimum atomic E-state index is -1.07. The topological polar surface area (TPSA) is 72.2 Å². The van der Waals surface area contributed by atoms with Crippen molar-refractivity contribution in [3.63, 3.8) is 0 Å². The largest absolute Gasteiger partial charge is 0.477 e. The zero-order valence-electron chi connectivity index (χ0n) is 11.5. The zero-order valence-corrected chi connectivity index (χ0v) is 12.4. The first-order chi connectivity index (χ1) is 10.5. The Morgan fingerprint density at radius 3 is 2.91 bits per heavy atom. The third-order valence-corrected chi connectivity index (χ3v) is 4.54. The highest BCUT2D eigenvalue weighted by molar-refractivity contribution is 7.20. The number of aryl methyl sites for hydroxylation is 1. The highest BCUT2D eigenvalue weighted by Crippen LogP contribution is 2.26. The molecule has 0 saturated heterocycles. The van der Waals surface area contributed by atoms with Gasteiger partial charge in [-0.25, -0.2) is 14.2 Å². The molecule has 0 bridgehead atoms. The van der Waals surface area contributed by atoms with Gasteiger partial charge in [0.2, 0.25) is 0 Å². The number of rotatable bonds is 3. The number of hydrogen-bond donors (Lipinski definition) is 1. The van der Waals surface area contributed by atoms with Crippen LogP contribution in [0.1, 0.15) is 20.8 Å². The van der Waals surface area contributed by atoms with Gasteiger partial charge in [-0.3, -0.25) is 9.36 Å². The molecule has 0 amide bonds. The first kappa shape index (κ1) is 14.4.